The molecule has 0 aliphatic heterocycles. The molecule has 1 rings (SSSR count). The Bertz CT molecular complexity index is 1190. The predicted molar refractivity (Wildman–Crippen MR) is 288 cm³/mol. The number of phosphoric acid groups is 1. The number of hydrogen-bond donors (Lipinski definition) is 8. The summed E-state index contributed by atoms with van der Waals surface area (Å²) in [6, 6.07) is -1.03. The summed E-state index contributed by atoms with van der Waals surface area (Å²) in [5.74, 6) is -0.301. The van der Waals surface area contributed by atoms with Crippen LogP contribution in [0.5, 0.6) is 0 Å². The highest BCUT2D eigenvalue weighted by molar-refractivity contribution is 7.47. The second kappa shape index (κ2) is 46.8. The molecule has 1 aliphatic carbocycles. The fourth-order valence-electron chi connectivity index (χ4n) is 10.1. The maximum atomic E-state index is 13.0. The zero-order valence-electron chi connectivity index (χ0n) is 45.4. The number of aliphatic hydroxyl groups excluding tert-OH is 6. The van der Waals surface area contributed by atoms with E-state index in [0.717, 1.165) is 38.5 Å². The summed E-state index contributed by atoms with van der Waals surface area (Å²) in [6.45, 7) is 3.93. The number of unbranched alkanes of at least 4 members (excludes halogenated alkanes) is 41. The summed E-state index contributed by atoms with van der Waals surface area (Å²) in [6.07, 6.45) is 43.1. The van der Waals surface area contributed by atoms with E-state index in [4.69, 9.17) is 9.05 Å². The van der Waals surface area contributed by atoms with E-state index in [0.29, 0.717) is 19.3 Å². The van der Waals surface area contributed by atoms with Gasteiger partial charge in [-0.15, -0.1) is 0 Å². The second-order valence-electron chi connectivity index (χ2n) is 21.6. The van der Waals surface area contributed by atoms with Crippen molar-refractivity contribution in [1.82, 2.24) is 5.32 Å². The molecule has 418 valence electrons. The number of hydrogen-bond acceptors (Lipinski definition) is 10. The van der Waals surface area contributed by atoms with Crippen LogP contribution >= 0.6 is 7.82 Å². The van der Waals surface area contributed by atoms with Crippen LogP contribution in [0.15, 0.2) is 0 Å². The molecule has 0 radical (unpaired) electrons. The Hall–Kier alpha value is -0.660. The highest BCUT2D eigenvalue weighted by Gasteiger charge is 2.51. The lowest BCUT2D eigenvalue weighted by Crippen LogP contribution is -2.64. The van der Waals surface area contributed by atoms with Crippen molar-refractivity contribution in [2.75, 3.05) is 6.61 Å². The van der Waals surface area contributed by atoms with E-state index in [-0.39, 0.29) is 12.3 Å². The molecule has 1 aliphatic rings. The first-order chi connectivity index (χ1) is 33.9. The molecule has 1 saturated carbocycles. The maximum Gasteiger partial charge on any atom is 0.472 e. The molecule has 6 unspecified atom stereocenters. The van der Waals surface area contributed by atoms with E-state index in [9.17, 15) is 44.9 Å². The van der Waals surface area contributed by atoms with Gasteiger partial charge in [0.05, 0.1) is 18.8 Å². The molecule has 0 aromatic heterocycles. The smallest absolute Gasteiger partial charge is 0.391 e. The highest BCUT2D eigenvalue weighted by Crippen LogP contribution is 2.47. The lowest BCUT2D eigenvalue weighted by Gasteiger charge is -2.41. The van der Waals surface area contributed by atoms with Crippen LogP contribution in [0.3, 0.4) is 0 Å². The van der Waals surface area contributed by atoms with Gasteiger partial charge in [0.2, 0.25) is 5.91 Å². The Kier molecular flexibility index (Phi) is 45.1. The van der Waals surface area contributed by atoms with Gasteiger partial charge in [0.1, 0.15) is 36.6 Å². The minimum absolute atomic E-state index is 0.243. The minimum atomic E-state index is -5.06. The molecule has 0 aromatic carbocycles. The maximum absolute atomic E-state index is 13.0. The number of carbonyl (C=O) groups is 1. The zero-order chi connectivity index (χ0) is 51.3. The van der Waals surface area contributed by atoms with Crippen molar-refractivity contribution < 1.29 is 53.9 Å². The summed E-state index contributed by atoms with van der Waals surface area (Å²) >= 11 is 0. The zero-order valence-corrected chi connectivity index (χ0v) is 46.3. The fraction of sp³-hybridized carbons (Fsp3) is 0.982. The van der Waals surface area contributed by atoms with E-state index >= 15 is 0 Å². The van der Waals surface area contributed by atoms with Crippen molar-refractivity contribution in [3.8, 4) is 0 Å². The molecule has 0 bridgehead atoms. The molecule has 0 heterocycles. The molecule has 70 heavy (non-hydrogen) atoms. The molecule has 0 saturated heterocycles. The number of carbonyl (C=O) groups excluding carboxylic acids is 1. The van der Waals surface area contributed by atoms with Gasteiger partial charge in [0.15, 0.2) is 0 Å². The van der Waals surface area contributed by atoms with E-state index in [1.54, 1.807) is 0 Å². The number of phosphoric ester groups is 1. The van der Waals surface area contributed by atoms with Gasteiger partial charge in [-0.3, -0.25) is 13.8 Å². The van der Waals surface area contributed by atoms with E-state index in [2.05, 4.69) is 19.2 Å². The van der Waals surface area contributed by atoms with Crippen LogP contribution in [0.25, 0.3) is 0 Å². The van der Waals surface area contributed by atoms with Crippen molar-refractivity contribution in [3.63, 3.8) is 0 Å². The summed E-state index contributed by atoms with van der Waals surface area (Å²) in [5, 5.41) is 64.4. The largest absolute Gasteiger partial charge is 0.472 e. The van der Waals surface area contributed by atoms with Gasteiger partial charge >= 0.3 is 7.82 Å². The summed E-state index contributed by atoms with van der Waals surface area (Å²) < 4.78 is 23.1. The third kappa shape index (κ3) is 37.1. The standard InChI is InChI=1S/C57H114NO11P/c1-3-5-7-9-11-13-15-17-18-19-20-21-22-23-24-25-26-27-28-29-30-31-32-33-35-37-39-41-43-45-47-51(60)58-49(50(59)46-44-42-40-38-36-34-16-14-12-10-8-6-4-2)48-68-70(66,67)69-57-55(64)53(62)52(61)54(63)56(57)65/h49-50,52-57,59,61-65H,3-48H2,1-2H3,(H,58,60)(H,66,67)/t49-,50+,52?,53+,54?,55?,56?,57?/m0/s1. The first-order valence-corrected chi connectivity index (χ1v) is 31.5. The van der Waals surface area contributed by atoms with Crippen LogP contribution in [-0.4, -0.2) is 96.8 Å². The molecule has 9 atom stereocenters. The van der Waals surface area contributed by atoms with Crippen LogP contribution in [-0.2, 0) is 18.4 Å². The molecule has 0 spiro atoms. The van der Waals surface area contributed by atoms with E-state index in [1.165, 1.54) is 225 Å². The fourth-order valence-corrected chi connectivity index (χ4v) is 11.1. The minimum Gasteiger partial charge on any atom is -0.391 e. The average molecular weight is 1020 g/mol. The van der Waals surface area contributed by atoms with Gasteiger partial charge in [-0.25, -0.2) is 4.57 Å². The third-order valence-electron chi connectivity index (χ3n) is 14.9. The van der Waals surface area contributed by atoms with Crippen molar-refractivity contribution >= 4 is 13.7 Å². The lowest BCUT2D eigenvalue weighted by atomic mass is 9.85. The number of amides is 1. The number of nitrogens with one attached hydrogen (secondary N) is 1. The second-order valence-corrected chi connectivity index (χ2v) is 23.0. The van der Waals surface area contributed by atoms with Crippen molar-refractivity contribution in [3.05, 3.63) is 0 Å². The van der Waals surface area contributed by atoms with E-state index < -0.39 is 63.2 Å². The molecule has 1 fully saturated rings. The van der Waals surface area contributed by atoms with Crippen LogP contribution in [0.1, 0.15) is 303 Å². The van der Waals surface area contributed by atoms with Crippen LogP contribution < -0.4 is 5.32 Å². The Balaban J connectivity index is 2.20. The molecular weight excluding hydrogens is 906 g/mol. The van der Waals surface area contributed by atoms with E-state index in [1.807, 2.05) is 0 Å². The number of rotatable bonds is 52. The molecule has 13 heteroatoms. The third-order valence-corrected chi connectivity index (χ3v) is 15.9. The molecule has 1 amide bonds. The van der Waals surface area contributed by atoms with Gasteiger partial charge in [-0.2, -0.15) is 0 Å². The van der Waals surface area contributed by atoms with Crippen LogP contribution in [0, 0.1) is 0 Å². The summed E-state index contributed by atoms with van der Waals surface area (Å²) in [7, 11) is -5.06. The Morgan fingerprint density at radius 2 is 0.686 bits per heavy atom. The average Bonchev–Trinajstić information content (AvgIpc) is 3.34. The van der Waals surface area contributed by atoms with Gasteiger partial charge in [0.25, 0.3) is 0 Å². The Labute approximate surface area is 429 Å². The van der Waals surface area contributed by atoms with Gasteiger partial charge in [-0.05, 0) is 12.8 Å². The van der Waals surface area contributed by atoms with Gasteiger partial charge in [-0.1, -0.05) is 284 Å². The Morgan fingerprint density at radius 1 is 0.429 bits per heavy atom. The van der Waals surface area contributed by atoms with Crippen molar-refractivity contribution in [2.45, 2.75) is 352 Å². The molecule has 8 N–H and O–H groups in total. The normalized spacial score (nSPS) is 21.2. The van der Waals surface area contributed by atoms with Crippen LogP contribution in [0.4, 0.5) is 0 Å². The number of aliphatic hydroxyl groups is 6. The first kappa shape index (κ1) is 67.4. The van der Waals surface area contributed by atoms with Gasteiger partial charge in [0, 0.05) is 6.42 Å². The highest BCUT2D eigenvalue weighted by atomic mass is 31.2. The molecular formula is C57H114NO11P. The predicted octanol–water partition coefficient (Wildman–Crippen LogP) is 13.7. The summed E-state index contributed by atoms with van der Waals surface area (Å²) in [5.41, 5.74) is 0. The molecule has 12 nitrogen and oxygen atoms in total. The lowest BCUT2D eigenvalue weighted by molar-refractivity contribution is -0.220. The first-order valence-electron chi connectivity index (χ1n) is 30.0. The SMILES string of the molecule is CCCCCCCCCCCCCCCCCCCCCCCCCCCCCCCCC(=O)N[C@@H](COP(=O)(O)OC1C(O)C(O)C(O)[C@@H](O)C1O)[C@H](O)CCCCCCCCCCCCCCC. The quantitative estimate of drug-likeness (QED) is 0.0212. The van der Waals surface area contributed by atoms with Crippen molar-refractivity contribution in [2.24, 2.45) is 0 Å². The van der Waals surface area contributed by atoms with Crippen molar-refractivity contribution in [1.29, 1.82) is 0 Å². The monoisotopic (exact) mass is 1020 g/mol. The summed E-state index contributed by atoms with van der Waals surface area (Å²) in [4.78, 5) is 23.5. The molecule has 0 aromatic rings. The topological polar surface area (TPSA) is 206 Å². The van der Waals surface area contributed by atoms with Gasteiger partial charge < -0.3 is 40.8 Å². The van der Waals surface area contributed by atoms with Crippen LogP contribution in [0.2, 0.25) is 0 Å². The Morgan fingerprint density at radius 3 is 0.986 bits per heavy atom.